The Morgan fingerprint density at radius 2 is 2.00 bits per heavy atom. The van der Waals surface area contributed by atoms with Crippen LogP contribution in [-0.2, 0) is 4.79 Å². The van der Waals surface area contributed by atoms with Gasteiger partial charge in [0.15, 0.2) is 0 Å². The van der Waals surface area contributed by atoms with Crippen molar-refractivity contribution in [1.82, 2.24) is 15.4 Å². The van der Waals surface area contributed by atoms with Gasteiger partial charge in [-0.1, -0.05) is 0 Å². The number of aryl methyl sites for hydroxylation is 2. The predicted octanol–water partition coefficient (Wildman–Crippen LogP) is 1.36. The lowest BCUT2D eigenvalue weighted by molar-refractivity contribution is -0.126. The molecule has 1 aliphatic rings. The Labute approximate surface area is 107 Å². The average molecular weight is 248 g/mol. The van der Waals surface area contributed by atoms with Crippen LogP contribution in [0.15, 0.2) is 6.20 Å². The Hall–Kier alpha value is -1.49. The van der Waals surface area contributed by atoms with Gasteiger partial charge in [-0.05, 0) is 39.5 Å². The van der Waals surface area contributed by atoms with Crippen molar-refractivity contribution < 1.29 is 4.79 Å². The summed E-state index contributed by atoms with van der Waals surface area (Å²) in [4.78, 5) is 20.4. The number of nitrogens with one attached hydrogen (secondary N) is 1. The molecule has 0 aromatic carbocycles. The molecule has 1 aromatic rings. The number of hydrazine groups is 1. The largest absolute Gasteiger partial charge is 0.294 e. The van der Waals surface area contributed by atoms with Crippen molar-refractivity contribution in [2.24, 2.45) is 11.8 Å². The maximum absolute atomic E-state index is 11.5. The summed E-state index contributed by atoms with van der Waals surface area (Å²) in [5, 5.41) is 0. The van der Waals surface area contributed by atoms with Crippen LogP contribution in [0.3, 0.4) is 0 Å². The van der Waals surface area contributed by atoms with E-state index in [1.54, 1.807) is 6.20 Å². The molecule has 18 heavy (non-hydrogen) atoms. The Balaban J connectivity index is 2.05. The van der Waals surface area contributed by atoms with E-state index in [0.717, 1.165) is 42.8 Å². The van der Waals surface area contributed by atoms with Gasteiger partial charge in [0.1, 0.15) is 0 Å². The number of nitrogens with zero attached hydrogens (tertiary/aromatic N) is 2. The number of carbonyl (C=O) groups is 1. The number of hydrogen-bond donors (Lipinski definition) is 2. The summed E-state index contributed by atoms with van der Waals surface area (Å²) < 4.78 is 0. The second-order valence-corrected chi connectivity index (χ2v) is 5.04. The summed E-state index contributed by atoms with van der Waals surface area (Å²) in [6.45, 7) is 3.96. The molecule has 5 nitrogen and oxygen atoms in total. The number of nitrogens with two attached hydrogens (primary N) is 1. The number of rotatable bonds is 2. The van der Waals surface area contributed by atoms with Crippen molar-refractivity contribution in [1.29, 1.82) is 0 Å². The second-order valence-electron chi connectivity index (χ2n) is 5.04. The maximum atomic E-state index is 11.5. The molecule has 3 N–H and O–H groups in total. The molecular weight excluding hydrogens is 228 g/mol. The highest BCUT2D eigenvalue weighted by atomic mass is 16.2. The summed E-state index contributed by atoms with van der Waals surface area (Å²) in [6.07, 6.45) is 5.52. The molecule has 0 aliphatic heterocycles. The van der Waals surface area contributed by atoms with E-state index in [2.05, 4.69) is 15.4 Å². The van der Waals surface area contributed by atoms with E-state index < -0.39 is 0 Å². The lowest BCUT2D eigenvalue weighted by atomic mass is 9.79. The van der Waals surface area contributed by atoms with E-state index in [1.807, 2.05) is 13.8 Å². The topological polar surface area (TPSA) is 80.9 Å². The molecule has 98 valence electrons. The zero-order valence-corrected chi connectivity index (χ0v) is 10.9. The van der Waals surface area contributed by atoms with E-state index in [9.17, 15) is 4.79 Å². The van der Waals surface area contributed by atoms with Gasteiger partial charge >= 0.3 is 0 Å². The Bertz CT molecular complexity index is 439. The molecule has 0 saturated heterocycles. The van der Waals surface area contributed by atoms with Crippen LogP contribution in [0.5, 0.6) is 0 Å². The Morgan fingerprint density at radius 3 is 2.61 bits per heavy atom. The molecule has 0 spiro atoms. The number of hydrogen-bond acceptors (Lipinski definition) is 4. The summed E-state index contributed by atoms with van der Waals surface area (Å²) in [5.41, 5.74) is 5.30. The first-order valence-electron chi connectivity index (χ1n) is 6.42. The van der Waals surface area contributed by atoms with Gasteiger partial charge in [0.2, 0.25) is 5.91 Å². The highest BCUT2D eigenvalue weighted by Gasteiger charge is 2.28. The van der Waals surface area contributed by atoms with Crippen LogP contribution in [-0.4, -0.2) is 15.9 Å². The van der Waals surface area contributed by atoms with E-state index in [4.69, 9.17) is 5.84 Å². The smallest absolute Gasteiger partial charge is 0.236 e. The van der Waals surface area contributed by atoms with Crippen molar-refractivity contribution in [2.45, 2.75) is 45.4 Å². The van der Waals surface area contributed by atoms with Crippen molar-refractivity contribution >= 4 is 5.91 Å². The summed E-state index contributed by atoms with van der Waals surface area (Å²) in [6, 6.07) is 0. The fourth-order valence-electron chi connectivity index (χ4n) is 2.69. The molecule has 1 aliphatic carbocycles. The Morgan fingerprint density at radius 1 is 1.33 bits per heavy atom. The fraction of sp³-hybridized carbons (Fsp3) is 0.615. The van der Waals surface area contributed by atoms with Crippen LogP contribution in [0.4, 0.5) is 0 Å². The molecule has 0 unspecified atom stereocenters. The summed E-state index contributed by atoms with van der Waals surface area (Å²) in [7, 11) is 0. The van der Waals surface area contributed by atoms with Crippen molar-refractivity contribution in [2.75, 3.05) is 0 Å². The average Bonchev–Trinajstić information content (AvgIpc) is 2.41. The van der Waals surface area contributed by atoms with Gasteiger partial charge in [0.25, 0.3) is 0 Å². The maximum Gasteiger partial charge on any atom is 0.236 e. The minimum atomic E-state index is -0.0412. The third-order valence-electron chi connectivity index (χ3n) is 3.74. The highest BCUT2D eigenvalue weighted by molar-refractivity contribution is 5.78. The predicted molar refractivity (Wildman–Crippen MR) is 68.5 cm³/mol. The normalized spacial score (nSPS) is 23.7. The molecule has 1 aromatic heterocycles. The quantitative estimate of drug-likeness (QED) is 0.470. The van der Waals surface area contributed by atoms with Gasteiger partial charge in [-0.3, -0.25) is 20.2 Å². The molecule has 1 heterocycles. The van der Waals surface area contributed by atoms with Crippen molar-refractivity contribution in [3.05, 3.63) is 23.3 Å². The fourth-order valence-corrected chi connectivity index (χ4v) is 2.69. The van der Waals surface area contributed by atoms with Gasteiger partial charge in [-0.25, -0.2) is 5.84 Å². The second kappa shape index (κ2) is 5.44. The lowest BCUT2D eigenvalue weighted by Gasteiger charge is -2.27. The van der Waals surface area contributed by atoms with Gasteiger partial charge in [0, 0.05) is 18.0 Å². The van der Waals surface area contributed by atoms with E-state index in [0.29, 0.717) is 5.92 Å². The molecule has 5 heteroatoms. The lowest BCUT2D eigenvalue weighted by Crippen LogP contribution is -2.37. The SMILES string of the molecule is Cc1cnc(C)c([C@H]2CC[C@H](C(=O)NN)CC2)n1. The first-order chi connectivity index (χ1) is 8.61. The molecule has 0 radical (unpaired) electrons. The van der Waals surface area contributed by atoms with Gasteiger partial charge in [0.05, 0.1) is 17.1 Å². The third-order valence-corrected chi connectivity index (χ3v) is 3.74. The molecular formula is C13H20N4O. The molecule has 0 bridgehead atoms. The molecule has 0 atom stereocenters. The zero-order chi connectivity index (χ0) is 13.1. The number of amides is 1. The van der Waals surface area contributed by atoms with Gasteiger partial charge in [-0.15, -0.1) is 0 Å². The van der Waals surface area contributed by atoms with Crippen LogP contribution >= 0.6 is 0 Å². The van der Waals surface area contributed by atoms with Crippen molar-refractivity contribution in [3.8, 4) is 0 Å². The monoisotopic (exact) mass is 248 g/mol. The van der Waals surface area contributed by atoms with Gasteiger partial charge < -0.3 is 0 Å². The minimum Gasteiger partial charge on any atom is -0.294 e. The van der Waals surface area contributed by atoms with E-state index >= 15 is 0 Å². The zero-order valence-electron chi connectivity index (χ0n) is 10.9. The third kappa shape index (κ3) is 2.67. The summed E-state index contributed by atoms with van der Waals surface area (Å²) in [5.74, 6) is 5.62. The van der Waals surface area contributed by atoms with Crippen LogP contribution in [0.25, 0.3) is 0 Å². The standard InChI is InChI=1S/C13H20N4O/c1-8-7-15-9(2)12(16-8)10-3-5-11(6-4-10)13(18)17-14/h7,10-11H,3-6,14H2,1-2H3,(H,17,18)/t10-,11-. The summed E-state index contributed by atoms with van der Waals surface area (Å²) >= 11 is 0. The van der Waals surface area contributed by atoms with E-state index in [-0.39, 0.29) is 11.8 Å². The minimum absolute atomic E-state index is 0.0412. The number of carbonyl (C=O) groups excluding carboxylic acids is 1. The Kier molecular flexibility index (Phi) is 3.91. The molecule has 1 fully saturated rings. The highest BCUT2D eigenvalue weighted by Crippen LogP contribution is 2.35. The van der Waals surface area contributed by atoms with E-state index in [1.165, 1.54) is 0 Å². The van der Waals surface area contributed by atoms with Crippen molar-refractivity contribution in [3.63, 3.8) is 0 Å². The molecule has 1 amide bonds. The van der Waals surface area contributed by atoms with Crippen LogP contribution in [0.1, 0.15) is 48.7 Å². The first kappa shape index (κ1) is 13.0. The first-order valence-corrected chi connectivity index (χ1v) is 6.42. The number of aromatic nitrogens is 2. The van der Waals surface area contributed by atoms with Crippen LogP contribution in [0.2, 0.25) is 0 Å². The van der Waals surface area contributed by atoms with Gasteiger partial charge in [-0.2, -0.15) is 0 Å². The van der Waals surface area contributed by atoms with Crippen LogP contribution in [0, 0.1) is 19.8 Å². The van der Waals surface area contributed by atoms with Crippen LogP contribution < -0.4 is 11.3 Å². The molecule has 1 saturated carbocycles. The molecule has 2 rings (SSSR count).